The highest BCUT2D eigenvalue weighted by atomic mass is 16.4. The molecule has 2 rings (SSSR count). The summed E-state index contributed by atoms with van der Waals surface area (Å²) in [7, 11) is 0. The number of amides is 1. The van der Waals surface area contributed by atoms with Crippen molar-refractivity contribution in [3.8, 4) is 0 Å². The normalized spacial score (nSPS) is 33.1. The molecule has 0 saturated heterocycles. The zero-order valence-corrected chi connectivity index (χ0v) is 10.8. The Morgan fingerprint density at radius 2 is 2.11 bits per heavy atom. The molecule has 0 aromatic heterocycles. The molecule has 18 heavy (non-hydrogen) atoms. The first-order chi connectivity index (χ1) is 8.47. The first-order valence-electron chi connectivity index (χ1n) is 6.75. The summed E-state index contributed by atoms with van der Waals surface area (Å²) < 4.78 is 0. The molecule has 0 aromatic carbocycles. The molecule has 5 unspecified atom stereocenters. The van der Waals surface area contributed by atoms with E-state index in [1.54, 1.807) is 0 Å². The molecule has 5 atom stereocenters. The Balaban J connectivity index is 1.82. The van der Waals surface area contributed by atoms with Crippen LogP contribution in [0, 0.1) is 17.8 Å². The van der Waals surface area contributed by atoms with Gasteiger partial charge in [-0.1, -0.05) is 6.42 Å². The summed E-state index contributed by atoms with van der Waals surface area (Å²) in [5, 5.41) is 11.5. The van der Waals surface area contributed by atoms with Crippen LogP contribution in [-0.4, -0.2) is 29.1 Å². The largest absolute Gasteiger partial charge is 0.481 e. The van der Waals surface area contributed by atoms with Crippen LogP contribution in [0.3, 0.4) is 0 Å². The van der Waals surface area contributed by atoms with Gasteiger partial charge in [0.2, 0.25) is 5.91 Å². The number of fused-ring (bicyclic) bond motifs is 2. The SMILES string of the molecule is CC(NC(=O)C(N)CC(=O)O)C1CC2CCC1C2. The molecule has 0 aromatic rings. The molecular weight excluding hydrogens is 232 g/mol. The second-order valence-corrected chi connectivity index (χ2v) is 5.84. The lowest BCUT2D eigenvalue weighted by atomic mass is 9.84. The fourth-order valence-electron chi connectivity index (χ4n) is 3.63. The molecule has 0 radical (unpaired) electrons. The Bertz CT molecular complexity index is 345. The van der Waals surface area contributed by atoms with Crippen molar-refractivity contribution in [2.45, 2.75) is 51.1 Å². The number of hydrogen-bond acceptors (Lipinski definition) is 3. The lowest BCUT2D eigenvalue weighted by molar-refractivity contribution is -0.139. The highest BCUT2D eigenvalue weighted by molar-refractivity contribution is 5.86. The second kappa shape index (κ2) is 5.26. The van der Waals surface area contributed by atoms with Gasteiger partial charge in [-0.25, -0.2) is 0 Å². The van der Waals surface area contributed by atoms with Crippen LogP contribution in [0.25, 0.3) is 0 Å². The van der Waals surface area contributed by atoms with E-state index in [0.29, 0.717) is 5.92 Å². The summed E-state index contributed by atoms with van der Waals surface area (Å²) >= 11 is 0. The van der Waals surface area contributed by atoms with Gasteiger partial charge in [0.25, 0.3) is 0 Å². The summed E-state index contributed by atoms with van der Waals surface area (Å²) in [6.07, 6.45) is 4.79. The number of carbonyl (C=O) groups is 2. The van der Waals surface area contributed by atoms with Crippen molar-refractivity contribution in [1.29, 1.82) is 0 Å². The molecule has 1 amide bonds. The maximum Gasteiger partial charge on any atom is 0.305 e. The highest BCUT2D eigenvalue weighted by Gasteiger charge is 2.42. The quantitative estimate of drug-likeness (QED) is 0.674. The van der Waals surface area contributed by atoms with Gasteiger partial charge < -0.3 is 16.2 Å². The van der Waals surface area contributed by atoms with Crippen molar-refractivity contribution in [3.05, 3.63) is 0 Å². The van der Waals surface area contributed by atoms with Crippen LogP contribution < -0.4 is 11.1 Å². The molecule has 2 bridgehead atoms. The minimum atomic E-state index is -1.04. The first kappa shape index (κ1) is 13.3. The van der Waals surface area contributed by atoms with Crippen molar-refractivity contribution in [3.63, 3.8) is 0 Å². The molecule has 2 saturated carbocycles. The van der Waals surface area contributed by atoms with Crippen LogP contribution >= 0.6 is 0 Å². The van der Waals surface area contributed by atoms with Crippen LogP contribution in [0.1, 0.15) is 39.0 Å². The number of nitrogens with one attached hydrogen (secondary N) is 1. The zero-order valence-electron chi connectivity index (χ0n) is 10.8. The monoisotopic (exact) mass is 254 g/mol. The van der Waals surface area contributed by atoms with Crippen LogP contribution in [0.2, 0.25) is 0 Å². The van der Waals surface area contributed by atoms with Crippen LogP contribution in [0.5, 0.6) is 0 Å². The van der Waals surface area contributed by atoms with Gasteiger partial charge in [0.15, 0.2) is 0 Å². The molecule has 5 heteroatoms. The van der Waals surface area contributed by atoms with Crippen molar-refractivity contribution in [2.75, 3.05) is 0 Å². The topological polar surface area (TPSA) is 92.4 Å². The number of nitrogens with two attached hydrogens (primary N) is 1. The number of carboxylic acids is 1. The van der Waals surface area contributed by atoms with E-state index in [-0.39, 0.29) is 18.4 Å². The molecule has 5 nitrogen and oxygen atoms in total. The third-order valence-electron chi connectivity index (χ3n) is 4.54. The molecule has 0 aliphatic heterocycles. The number of aliphatic carboxylic acids is 1. The minimum absolute atomic E-state index is 0.104. The average Bonchev–Trinajstić information content (AvgIpc) is 2.89. The molecule has 2 fully saturated rings. The van der Waals surface area contributed by atoms with E-state index in [4.69, 9.17) is 10.8 Å². The fourth-order valence-corrected chi connectivity index (χ4v) is 3.63. The Morgan fingerprint density at radius 3 is 2.61 bits per heavy atom. The van der Waals surface area contributed by atoms with Crippen LogP contribution in [-0.2, 0) is 9.59 Å². The van der Waals surface area contributed by atoms with Gasteiger partial charge in [-0.15, -0.1) is 0 Å². The zero-order chi connectivity index (χ0) is 13.3. The van der Waals surface area contributed by atoms with Gasteiger partial charge in [0.1, 0.15) is 0 Å². The van der Waals surface area contributed by atoms with Crippen molar-refractivity contribution >= 4 is 11.9 Å². The smallest absolute Gasteiger partial charge is 0.305 e. The third kappa shape index (κ3) is 2.83. The number of rotatable bonds is 5. The number of carbonyl (C=O) groups excluding carboxylic acids is 1. The molecule has 4 N–H and O–H groups in total. The molecule has 0 heterocycles. The number of carboxylic acid groups (broad SMARTS) is 1. The second-order valence-electron chi connectivity index (χ2n) is 5.84. The average molecular weight is 254 g/mol. The maximum atomic E-state index is 11.8. The van der Waals surface area contributed by atoms with Crippen LogP contribution in [0.15, 0.2) is 0 Å². The van der Waals surface area contributed by atoms with Gasteiger partial charge in [0.05, 0.1) is 12.5 Å². The minimum Gasteiger partial charge on any atom is -0.481 e. The standard InChI is InChI=1S/C13H22N2O3/c1-7(10-5-8-2-3-9(10)4-8)15-13(18)11(14)6-12(16)17/h7-11H,2-6,14H2,1H3,(H,15,18)(H,16,17). The van der Waals surface area contributed by atoms with E-state index < -0.39 is 12.0 Å². The Kier molecular flexibility index (Phi) is 3.90. The lowest BCUT2D eigenvalue weighted by Gasteiger charge is -2.29. The van der Waals surface area contributed by atoms with Gasteiger partial charge in [-0.2, -0.15) is 0 Å². The molecular formula is C13H22N2O3. The summed E-state index contributed by atoms with van der Waals surface area (Å²) in [6.45, 7) is 2.01. The predicted octanol–water partition coefficient (Wildman–Crippen LogP) is 0.729. The van der Waals surface area contributed by atoms with E-state index in [9.17, 15) is 9.59 Å². The highest BCUT2D eigenvalue weighted by Crippen LogP contribution is 2.49. The Morgan fingerprint density at radius 1 is 1.39 bits per heavy atom. The van der Waals surface area contributed by atoms with Gasteiger partial charge >= 0.3 is 5.97 Å². The summed E-state index contributed by atoms with van der Waals surface area (Å²) in [5.74, 6) is 0.746. The van der Waals surface area contributed by atoms with Gasteiger partial charge in [0, 0.05) is 6.04 Å². The third-order valence-corrected chi connectivity index (χ3v) is 4.54. The van der Waals surface area contributed by atoms with Gasteiger partial charge in [-0.05, 0) is 43.9 Å². The van der Waals surface area contributed by atoms with Crippen LogP contribution in [0.4, 0.5) is 0 Å². The molecule has 2 aliphatic rings. The molecule has 2 aliphatic carbocycles. The summed E-state index contributed by atoms with van der Waals surface area (Å²) in [4.78, 5) is 22.3. The van der Waals surface area contributed by atoms with Gasteiger partial charge in [-0.3, -0.25) is 9.59 Å². The van der Waals surface area contributed by atoms with E-state index in [1.165, 1.54) is 25.7 Å². The van der Waals surface area contributed by atoms with E-state index in [1.807, 2.05) is 6.92 Å². The summed E-state index contributed by atoms with van der Waals surface area (Å²) in [6, 6.07) is -0.837. The Hall–Kier alpha value is -1.10. The van der Waals surface area contributed by atoms with Crippen molar-refractivity contribution < 1.29 is 14.7 Å². The van der Waals surface area contributed by atoms with Crippen molar-refractivity contribution in [2.24, 2.45) is 23.5 Å². The van der Waals surface area contributed by atoms with E-state index in [2.05, 4.69) is 5.32 Å². The predicted molar refractivity (Wildman–Crippen MR) is 66.8 cm³/mol. The van der Waals surface area contributed by atoms with Crippen molar-refractivity contribution in [1.82, 2.24) is 5.32 Å². The molecule has 102 valence electrons. The molecule has 0 spiro atoms. The summed E-state index contributed by atoms with van der Waals surface area (Å²) in [5.41, 5.74) is 5.55. The first-order valence-corrected chi connectivity index (χ1v) is 6.75. The fraction of sp³-hybridized carbons (Fsp3) is 0.846. The lowest BCUT2D eigenvalue weighted by Crippen LogP contribution is -2.48. The van der Waals surface area contributed by atoms with E-state index >= 15 is 0 Å². The Labute approximate surface area is 107 Å². The maximum absolute atomic E-state index is 11.8. The van der Waals surface area contributed by atoms with E-state index in [0.717, 1.165) is 11.8 Å². The number of hydrogen-bond donors (Lipinski definition) is 3.